The summed E-state index contributed by atoms with van der Waals surface area (Å²) in [6, 6.07) is -0.625. The van der Waals surface area contributed by atoms with Crippen LogP contribution in [0.4, 0.5) is 0 Å². The van der Waals surface area contributed by atoms with Crippen molar-refractivity contribution in [2.24, 2.45) is 0 Å². The molecule has 0 bridgehead atoms. The van der Waals surface area contributed by atoms with Crippen molar-refractivity contribution in [2.45, 2.75) is 437 Å². The maximum absolute atomic E-state index is 12.5. The minimum Gasteiger partial charge on any atom is -0.466 e. The summed E-state index contributed by atoms with van der Waals surface area (Å²) in [5.41, 5.74) is 0. The molecular weight excluding hydrogens is 1050 g/mol. The third kappa shape index (κ3) is 70.9. The van der Waals surface area contributed by atoms with Crippen molar-refractivity contribution in [3.63, 3.8) is 0 Å². The van der Waals surface area contributed by atoms with Crippen LogP contribution in [0, 0.1) is 0 Å². The normalized spacial score (nSPS) is 12.7. The van der Waals surface area contributed by atoms with Crippen LogP contribution in [-0.4, -0.2) is 47.4 Å². The molecule has 0 rings (SSSR count). The summed E-state index contributed by atoms with van der Waals surface area (Å²) >= 11 is 0. The van der Waals surface area contributed by atoms with E-state index < -0.39 is 12.1 Å². The van der Waals surface area contributed by atoms with E-state index in [1.54, 1.807) is 6.08 Å². The smallest absolute Gasteiger partial charge is 0.305 e. The zero-order valence-electron chi connectivity index (χ0n) is 58.1. The van der Waals surface area contributed by atoms with Crippen LogP contribution >= 0.6 is 0 Å². The summed E-state index contributed by atoms with van der Waals surface area (Å²) in [6.07, 6.45) is 99.5. The molecule has 0 aliphatic rings. The number of carbonyl (C=O) groups excluding carboxylic acids is 2. The molecule has 2 atom stereocenters. The summed E-state index contributed by atoms with van der Waals surface area (Å²) in [5, 5.41) is 23.1. The van der Waals surface area contributed by atoms with Gasteiger partial charge in [-0.25, -0.2) is 0 Å². The Kier molecular flexibility index (Phi) is 73.4. The third-order valence-corrected chi connectivity index (χ3v) is 18.1. The lowest BCUT2D eigenvalue weighted by Crippen LogP contribution is -2.45. The second kappa shape index (κ2) is 75.3. The van der Waals surface area contributed by atoms with Crippen LogP contribution in [0.3, 0.4) is 0 Å². The first-order valence-electron chi connectivity index (χ1n) is 38.9. The van der Waals surface area contributed by atoms with Gasteiger partial charge in [-0.3, -0.25) is 9.59 Å². The third-order valence-electron chi connectivity index (χ3n) is 18.1. The summed E-state index contributed by atoms with van der Waals surface area (Å²) in [4.78, 5) is 24.6. The monoisotopic (exact) mass is 1210 g/mol. The van der Waals surface area contributed by atoms with E-state index in [9.17, 15) is 19.8 Å². The van der Waals surface area contributed by atoms with Crippen molar-refractivity contribution in [2.75, 3.05) is 13.2 Å². The van der Waals surface area contributed by atoms with Crippen LogP contribution in [0.15, 0.2) is 48.6 Å². The highest BCUT2D eigenvalue weighted by atomic mass is 16.5. The van der Waals surface area contributed by atoms with Crippen molar-refractivity contribution >= 4 is 11.9 Å². The molecule has 6 nitrogen and oxygen atoms in total. The maximum Gasteiger partial charge on any atom is 0.305 e. The molecule has 2 unspecified atom stereocenters. The van der Waals surface area contributed by atoms with E-state index in [-0.39, 0.29) is 18.5 Å². The molecule has 506 valence electrons. The lowest BCUT2D eigenvalue weighted by molar-refractivity contribution is -0.143. The molecule has 0 fully saturated rings. The fourth-order valence-corrected chi connectivity index (χ4v) is 12.1. The van der Waals surface area contributed by atoms with Gasteiger partial charge in [-0.05, 0) is 89.9 Å². The molecule has 0 saturated heterocycles. The number of hydrogen-bond acceptors (Lipinski definition) is 5. The van der Waals surface area contributed by atoms with Gasteiger partial charge in [0.25, 0.3) is 0 Å². The molecule has 0 aromatic heterocycles. The molecule has 0 heterocycles. The fraction of sp³-hybridized carbons (Fsp3) is 0.875. The first-order chi connectivity index (χ1) is 42.5. The van der Waals surface area contributed by atoms with Gasteiger partial charge in [0.2, 0.25) is 5.91 Å². The van der Waals surface area contributed by atoms with E-state index in [2.05, 4.69) is 55.6 Å². The Bertz CT molecular complexity index is 1440. The molecule has 0 saturated carbocycles. The Morgan fingerprint density at radius 2 is 0.581 bits per heavy atom. The second-order valence-electron chi connectivity index (χ2n) is 26.7. The number of amides is 1. The fourth-order valence-electron chi connectivity index (χ4n) is 12.1. The SMILES string of the molecule is CCCCCCCC/C=C\CCCCCCCCCC(=O)OCCCCCCCCCCCCCCCCC/C=C\C/C=C\CCCCCCCCCCCCCCCCCCCC(=O)NC(CO)C(O)/C=C/CCCCCCCCCCCCC. The maximum atomic E-state index is 12.5. The standard InChI is InChI=1S/C80H151NO5/c1-3-5-7-9-11-13-15-17-18-42-46-50-54-58-62-66-70-74-80(85)86-75-71-67-63-59-55-51-47-44-41-39-37-35-33-31-29-27-25-23-21-19-20-22-24-26-28-30-32-34-36-38-40-43-45-49-53-57-61-65-69-73-79(84)81-77(76-82)78(83)72-68-64-60-56-52-48-16-14-12-10-8-6-4-2/h17-20,23,25,68,72,77-78,82-83H,3-16,21-22,24,26-67,69-71,73-76H2,1-2H3,(H,81,84)/b18-17-,20-19-,25-23-,72-68+. The van der Waals surface area contributed by atoms with Gasteiger partial charge >= 0.3 is 5.97 Å². The molecule has 6 heteroatoms. The van der Waals surface area contributed by atoms with Gasteiger partial charge < -0.3 is 20.3 Å². The molecule has 0 radical (unpaired) electrons. The van der Waals surface area contributed by atoms with Gasteiger partial charge in [-0.15, -0.1) is 0 Å². The van der Waals surface area contributed by atoms with Gasteiger partial charge in [0.1, 0.15) is 0 Å². The predicted molar refractivity (Wildman–Crippen MR) is 379 cm³/mol. The number of aliphatic hydroxyl groups excluding tert-OH is 2. The van der Waals surface area contributed by atoms with Crippen molar-refractivity contribution < 1.29 is 24.5 Å². The summed E-state index contributed by atoms with van der Waals surface area (Å²) in [6.45, 7) is 4.92. The zero-order valence-corrected chi connectivity index (χ0v) is 58.1. The number of aliphatic hydroxyl groups is 2. The van der Waals surface area contributed by atoms with Gasteiger partial charge in [-0.1, -0.05) is 371 Å². The molecule has 0 aromatic carbocycles. The van der Waals surface area contributed by atoms with Crippen LogP contribution in [0.25, 0.3) is 0 Å². The Morgan fingerprint density at radius 3 is 0.895 bits per heavy atom. The van der Waals surface area contributed by atoms with Crippen LogP contribution < -0.4 is 5.32 Å². The number of rotatable bonds is 73. The molecular formula is C80H151NO5. The van der Waals surface area contributed by atoms with Crippen LogP contribution in [0.2, 0.25) is 0 Å². The predicted octanol–water partition coefficient (Wildman–Crippen LogP) is 25.6. The second-order valence-corrected chi connectivity index (χ2v) is 26.7. The van der Waals surface area contributed by atoms with Gasteiger partial charge in [-0.2, -0.15) is 0 Å². The van der Waals surface area contributed by atoms with Gasteiger partial charge in [0.15, 0.2) is 0 Å². The highest BCUT2D eigenvalue weighted by Gasteiger charge is 2.18. The van der Waals surface area contributed by atoms with Gasteiger partial charge in [0, 0.05) is 12.8 Å². The van der Waals surface area contributed by atoms with E-state index >= 15 is 0 Å². The molecule has 86 heavy (non-hydrogen) atoms. The Morgan fingerprint density at radius 1 is 0.326 bits per heavy atom. The lowest BCUT2D eigenvalue weighted by Gasteiger charge is -2.20. The average molecular weight is 1210 g/mol. The number of esters is 1. The highest BCUT2D eigenvalue weighted by Crippen LogP contribution is 2.19. The Labute approximate surface area is 537 Å². The first-order valence-corrected chi connectivity index (χ1v) is 38.9. The molecule has 0 aromatic rings. The Balaban J connectivity index is 3.35. The minimum absolute atomic E-state index is 0.0172. The molecule has 0 aliphatic carbocycles. The van der Waals surface area contributed by atoms with Crippen LogP contribution in [-0.2, 0) is 14.3 Å². The first kappa shape index (κ1) is 83.8. The Hall–Kier alpha value is -2.18. The van der Waals surface area contributed by atoms with E-state index in [1.165, 1.54) is 347 Å². The molecule has 3 N–H and O–H groups in total. The molecule has 0 spiro atoms. The van der Waals surface area contributed by atoms with E-state index in [0.29, 0.717) is 19.4 Å². The number of allylic oxidation sites excluding steroid dienone is 7. The summed E-state index contributed by atoms with van der Waals surface area (Å²) in [5.74, 6) is -0.0464. The van der Waals surface area contributed by atoms with Gasteiger partial charge in [0.05, 0.1) is 25.4 Å². The van der Waals surface area contributed by atoms with E-state index in [1.807, 2.05) is 6.08 Å². The van der Waals surface area contributed by atoms with E-state index in [0.717, 1.165) is 51.4 Å². The van der Waals surface area contributed by atoms with Crippen molar-refractivity contribution in [1.82, 2.24) is 5.32 Å². The van der Waals surface area contributed by atoms with Crippen LogP contribution in [0.1, 0.15) is 425 Å². The number of ether oxygens (including phenoxy) is 1. The largest absolute Gasteiger partial charge is 0.466 e. The molecule has 0 aliphatic heterocycles. The molecule has 1 amide bonds. The topological polar surface area (TPSA) is 95.9 Å². The average Bonchev–Trinajstić information content (AvgIpc) is 3.54. The number of unbranched alkanes of at least 4 members (excludes halogenated alkanes) is 56. The van der Waals surface area contributed by atoms with Crippen LogP contribution in [0.5, 0.6) is 0 Å². The van der Waals surface area contributed by atoms with E-state index in [4.69, 9.17) is 4.74 Å². The highest BCUT2D eigenvalue weighted by molar-refractivity contribution is 5.76. The summed E-state index contributed by atoms with van der Waals surface area (Å²) < 4.78 is 5.51. The minimum atomic E-state index is -0.842. The summed E-state index contributed by atoms with van der Waals surface area (Å²) in [7, 11) is 0. The number of nitrogens with one attached hydrogen (secondary N) is 1. The van der Waals surface area contributed by atoms with Crippen molar-refractivity contribution in [3.05, 3.63) is 48.6 Å². The zero-order chi connectivity index (χ0) is 62.0. The number of hydrogen-bond donors (Lipinski definition) is 3. The van der Waals surface area contributed by atoms with Crippen molar-refractivity contribution in [1.29, 1.82) is 0 Å². The quantitative estimate of drug-likeness (QED) is 0.0320. The van der Waals surface area contributed by atoms with Crippen molar-refractivity contribution in [3.8, 4) is 0 Å². The lowest BCUT2D eigenvalue weighted by atomic mass is 10.0. The number of carbonyl (C=O) groups is 2.